The Hall–Kier alpha value is -4.21. The smallest absolute Gasteiger partial charge is 0.384 e. The number of anilines is 2. The maximum atomic E-state index is 10.0. The molecule has 6 N–H and O–H groups in total. The van der Waals surface area contributed by atoms with Crippen LogP contribution in [0.5, 0.6) is 11.5 Å². The lowest BCUT2D eigenvalue weighted by Crippen LogP contribution is -2.52. The molecule has 2 heterocycles. The van der Waals surface area contributed by atoms with Crippen LogP contribution in [0.4, 0.5) is 11.4 Å². The molecule has 0 saturated heterocycles. The summed E-state index contributed by atoms with van der Waals surface area (Å²) in [5.74, 6) is 0.200. The zero-order chi connectivity index (χ0) is 27.6. The van der Waals surface area contributed by atoms with Crippen molar-refractivity contribution in [3.8, 4) is 11.5 Å². The third kappa shape index (κ3) is 11.4. The van der Waals surface area contributed by atoms with Crippen LogP contribution in [0.15, 0.2) is 72.8 Å². The zero-order valence-corrected chi connectivity index (χ0v) is 22.9. The van der Waals surface area contributed by atoms with Gasteiger partial charge in [0.15, 0.2) is 0 Å². The molecule has 2 aliphatic heterocycles. The number of carbonyl (C=O) groups excluding carboxylic acids is 4. The predicted molar refractivity (Wildman–Crippen MR) is 144 cm³/mol. The number of imide groups is 2. The van der Waals surface area contributed by atoms with Gasteiger partial charge >= 0.3 is 17.1 Å². The minimum absolute atomic E-state index is 0.329. The number of rotatable bonds is 6. The van der Waals surface area contributed by atoms with Crippen molar-refractivity contribution in [2.75, 3.05) is 11.5 Å². The molecule has 0 radical (unpaired) electrons. The molecular weight excluding hydrogens is 512 g/mol. The van der Waals surface area contributed by atoms with Crippen molar-refractivity contribution in [3.63, 3.8) is 0 Å². The summed E-state index contributed by atoms with van der Waals surface area (Å²) in [6.07, 6.45) is 4.79. The summed E-state index contributed by atoms with van der Waals surface area (Å²) in [5, 5.41) is 4.06. The highest BCUT2D eigenvalue weighted by Gasteiger charge is 2.39. The van der Waals surface area contributed by atoms with Crippen LogP contribution >= 0.6 is 0 Å². The van der Waals surface area contributed by atoms with Crippen LogP contribution < -0.4 is 31.0 Å². The second kappa shape index (κ2) is 12.7. The van der Waals surface area contributed by atoms with Crippen molar-refractivity contribution in [1.82, 2.24) is 10.6 Å². The fourth-order valence-electron chi connectivity index (χ4n) is 2.99. The van der Waals surface area contributed by atoms with Crippen LogP contribution in [0.1, 0.15) is 0 Å². The summed E-state index contributed by atoms with van der Waals surface area (Å²) in [6.45, 7) is 8.02. The maximum Gasteiger partial charge on any atom is 0.384 e. The monoisotopic (exact) mass is 542 g/mol. The van der Waals surface area contributed by atoms with Gasteiger partial charge < -0.3 is 24.4 Å². The van der Waals surface area contributed by atoms with Gasteiger partial charge in [-0.3, -0.25) is 29.8 Å². The summed E-state index contributed by atoms with van der Waals surface area (Å²) in [6, 6.07) is 14.7. The van der Waals surface area contributed by atoms with Crippen molar-refractivity contribution < 1.29 is 32.1 Å². The van der Waals surface area contributed by atoms with Crippen molar-refractivity contribution in [1.29, 1.82) is 0 Å². The largest absolute Gasteiger partial charge is 0.521 e. The van der Waals surface area contributed by atoms with Crippen molar-refractivity contribution >= 4 is 52.1 Å². The van der Waals surface area contributed by atoms with Gasteiger partial charge in [0.25, 0.3) is 23.6 Å². The second-order valence-electron chi connectivity index (χ2n) is 8.62. The molecule has 2 aliphatic rings. The van der Waals surface area contributed by atoms with Crippen molar-refractivity contribution in [3.05, 3.63) is 72.8 Å². The summed E-state index contributed by atoms with van der Waals surface area (Å²) >= 11 is 0. The molecule has 0 aliphatic carbocycles. The van der Waals surface area contributed by atoms with E-state index in [1.165, 1.54) is 24.3 Å². The first-order valence-corrected chi connectivity index (χ1v) is 16.7. The SMILES string of the molecule is C[Si](C)(Oc1ccc(N)cc1)O[Si](C)(C)Oc1ccc(N)cc1.O=C1C=CC(=O)N1.O=C1C=CC(=O)N1. The fourth-order valence-corrected chi connectivity index (χ4v) is 9.46. The van der Waals surface area contributed by atoms with E-state index in [0.717, 1.165) is 11.5 Å². The molecule has 0 bridgehead atoms. The minimum Gasteiger partial charge on any atom is -0.521 e. The molecule has 0 fully saturated rings. The molecule has 11 nitrogen and oxygen atoms in total. The Kier molecular flexibility index (Phi) is 9.93. The van der Waals surface area contributed by atoms with Gasteiger partial charge in [-0.05, 0) is 74.7 Å². The first-order valence-electron chi connectivity index (χ1n) is 11.1. The third-order valence-electron chi connectivity index (χ3n) is 4.24. The topological polar surface area (TPSA) is 172 Å². The Bertz CT molecular complexity index is 1070. The van der Waals surface area contributed by atoms with E-state index in [0.29, 0.717) is 11.4 Å². The van der Waals surface area contributed by atoms with Gasteiger partial charge in [-0.1, -0.05) is 0 Å². The lowest BCUT2D eigenvalue weighted by Gasteiger charge is -2.33. The molecule has 0 atom stereocenters. The lowest BCUT2D eigenvalue weighted by molar-refractivity contribution is -0.125. The number of hydrogen-bond acceptors (Lipinski definition) is 9. The summed E-state index contributed by atoms with van der Waals surface area (Å²) in [4.78, 5) is 40.1. The minimum atomic E-state index is -2.39. The number of amides is 4. The van der Waals surface area contributed by atoms with E-state index in [-0.39, 0.29) is 23.6 Å². The molecule has 0 spiro atoms. The van der Waals surface area contributed by atoms with Gasteiger partial charge in [-0.2, -0.15) is 0 Å². The molecule has 0 aromatic heterocycles. The van der Waals surface area contributed by atoms with E-state index in [4.69, 9.17) is 24.4 Å². The molecule has 0 saturated carbocycles. The molecule has 196 valence electrons. The summed E-state index contributed by atoms with van der Waals surface area (Å²) in [7, 11) is -4.78. The highest BCUT2D eigenvalue weighted by atomic mass is 28.5. The Labute approximate surface area is 217 Å². The standard InChI is InChI=1S/C16H24N2O3Si2.2C4H3NO2/c1-22(2,19-15-9-5-13(17)6-10-15)21-23(3,4)20-16-11-7-14(18)8-12-16;2*6-3-1-2-4(7)5-3/h5-12H,17-18H2,1-4H3;2*1-2H,(H,5,6,7). The van der Waals surface area contributed by atoms with Crippen LogP contribution in [0.2, 0.25) is 26.2 Å². The second-order valence-corrected chi connectivity index (χ2v) is 15.4. The van der Waals surface area contributed by atoms with E-state index >= 15 is 0 Å². The molecule has 4 rings (SSSR count). The number of nitrogens with one attached hydrogen (secondary N) is 2. The first kappa shape index (κ1) is 29.0. The Morgan fingerprint density at radius 2 is 0.811 bits per heavy atom. The van der Waals surface area contributed by atoms with Crippen LogP contribution in [0.25, 0.3) is 0 Å². The zero-order valence-electron chi connectivity index (χ0n) is 20.9. The van der Waals surface area contributed by atoms with Crippen LogP contribution in [0.3, 0.4) is 0 Å². The number of hydrogen-bond donors (Lipinski definition) is 4. The molecule has 2 aromatic rings. The molecule has 0 unspecified atom stereocenters. The van der Waals surface area contributed by atoms with E-state index in [9.17, 15) is 19.2 Å². The molecule has 2 aromatic carbocycles. The highest BCUT2D eigenvalue weighted by molar-refractivity contribution is 6.79. The fraction of sp³-hybridized carbons (Fsp3) is 0.167. The number of nitrogen functional groups attached to an aromatic ring is 2. The van der Waals surface area contributed by atoms with Gasteiger partial charge in [0.1, 0.15) is 11.5 Å². The van der Waals surface area contributed by atoms with Gasteiger partial charge in [0, 0.05) is 35.7 Å². The summed E-state index contributed by atoms with van der Waals surface area (Å²) < 4.78 is 18.4. The van der Waals surface area contributed by atoms with Crippen LogP contribution in [0, 0.1) is 0 Å². The Morgan fingerprint density at radius 1 is 0.541 bits per heavy atom. The van der Waals surface area contributed by atoms with Crippen LogP contribution in [-0.4, -0.2) is 40.8 Å². The van der Waals surface area contributed by atoms with E-state index in [1.807, 2.05) is 85.4 Å². The molecular formula is C24H30N4O7Si2. The average Bonchev–Trinajstić information content (AvgIpc) is 3.36. The number of carbonyl (C=O) groups is 4. The molecule has 37 heavy (non-hydrogen) atoms. The van der Waals surface area contributed by atoms with Crippen molar-refractivity contribution in [2.24, 2.45) is 0 Å². The van der Waals surface area contributed by atoms with E-state index < -0.39 is 17.1 Å². The van der Waals surface area contributed by atoms with Gasteiger partial charge in [-0.25, -0.2) is 0 Å². The first-order chi connectivity index (χ1) is 17.2. The summed E-state index contributed by atoms with van der Waals surface area (Å²) in [5.41, 5.74) is 12.8. The predicted octanol–water partition coefficient (Wildman–Crippen LogP) is 2.13. The number of benzene rings is 2. The van der Waals surface area contributed by atoms with Crippen molar-refractivity contribution in [2.45, 2.75) is 26.2 Å². The lowest BCUT2D eigenvalue weighted by atomic mass is 10.3. The Morgan fingerprint density at radius 3 is 1.03 bits per heavy atom. The number of nitrogens with two attached hydrogens (primary N) is 2. The van der Waals surface area contributed by atoms with Gasteiger partial charge in [0.2, 0.25) is 0 Å². The van der Waals surface area contributed by atoms with Gasteiger partial charge in [0.05, 0.1) is 0 Å². The average molecular weight is 543 g/mol. The quantitative estimate of drug-likeness (QED) is 0.242. The van der Waals surface area contributed by atoms with E-state index in [1.54, 1.807) is 0 Å². The molecule has 4 amide bonds. The highest BCUT2D eigenvalue weighted by Crippen LogP contribution is 2.24. The maximum absolute atomic E-state index is 10.0. The van der Waals surface area contributed by atoms with Crippen LogP contribution in [-0.2, 0) is 23.3 Å². The molecule has 13 heteroatoms. The Balaban J connectivity index is 0.000000276. The van der Waals surface area contributed by atoms with Gasteiger partial charge in [-0.15, -0.1) is 0 Å². The normalized spacial score (nSPS) is 14.2. The van der Waals surface area contributed by atoms with E-state index in [2.05, 4.69) is 0 Å². The third-order valence-corrected chi connectivity index (χ3v) is 9.63.